The highest BCUT2D eigenvalue weighted by molar-refractivity contribution is 8.00. The van der Waals surface area contributed by atoms with Crippen LogP contribution in [0.4, 0.5) is 15.8 Å². The molecule has 0 spiro atoms. The Morgan fingerprint density at radius 3 is 2.24 bits per heavy atom. The summed E-state index contributed by atoms with van der Waals surface area (Å²) in [7, 11) is 0. The third-order valence-corrected chi connectivity index (χ3v) is 7.26. The third kappa shape index (κ3) is 8.54. The van der Waals surface area contributed by atoms with E-state index in [4.69, 9.17) is 11.6 Å². The van der Waals surface area contributed by atoms with Gasteiger partial charge in [0, 0.05) is 21.8 Å². The van der Waals surface area contributed by atoms with E-state index >= 15 is 0 Å². The molecule has 4 rings (SSSR count). The van der Waals surface area contributed by atoms with Crippen molar-refractivity contribution in [3.8, 4) is 0 Å². The van der Waals surface area contributed by atoms with Crippen molar-refractivity contribution in [1.82, 2.24) is 5.32 Å². The number of rotatable bonds is 9. The van der Waals surface area contributed by atoms with Crippen molar-refractivity contribution in [2.24, 2.45) is 0 Å². The second kappa shape index (κ2) is 13.8. The van der Waals surface area contributed by atoms with Crippen LogP contribution in [0.5, 0.6) is 0 Å². The number of thioether (sulfide) groups is 1. The molecule has 1 unspecified atom stereocenters. The van der Waals surface area contributed by atoms with Crippen LogP contribution in [-0.2, 0) is 9.59 Å². The summed E-state index contributed by atoms with van der Waals surface area (Å²) in [5.41, 5.74) is 3.23. The maximum atomic E-state index is 13.4. The number of carbonyl (C=O) groups is 3. The predicted octanol–water partition coefficient (Wildman–Crippen LogP) is 7.32. The second-order valence-electron chi connectivity index (χ2n) is 9.15. The Morgan fingerprint density at radius 2 is 1.56 bits per heavy atom. The van der Waals surface area contributed by atoms with Gasteiger partial charge < -0.3 is 16.0 Å². The minimum absolute atomic E-state index is 0.0720. The fourth-order valence-corrected chi connectivity index (χ4v) is 4.81. The Balaban J connectivity index is 1.42. The molecule has 4 aromatic carbocycles. The normalized spacial score (nSPS) is 11.9. The van der Waals surface area contributed by atoms with Gasteiger partial charge in [-0.3, -0.25) is 14.4 Å². The first kappa shape index (κ1) is 29.6. The van der Waals surface area contributed by atoms with Gasteiger partial charge in [-0.1, -0.05) is 59.6 Å². The third-order valence-electron chi connectivity index (χ3n) is 5.86. The van der Waals surface area contributed by atoms with E-state index < -0.39 is 22.9 Å². The molecule has 4 aromatic rings. The first-order valence-electron chi connectivity index (χ1n) is 12.7. The van der Waals surface area contributed by atoms with Gasteiger partial charge in [-0.15, -0.1) is 11.8 Å². The molecule has 3 N–H and O–H groups in total. The highest BCUT2D eigenvalue weighted by Gasteiger charge is 2.17. The van der Waals surface area contributed by atoms with Gasteiger partial charge in [-0.2, -0.15) is 0 Å². The van der Waals surface area contributed by atoms with Crippen LogP contribution in [0.2, 0.25) is 5.02 Å². The lowest BCUT2D eigenvalue weighted by Gasteiger charge is -2.14. The summed E-state index contributed by atoms with van der Waals surface area (Å²) >= 11 is 7.11. The summed E-state index contributed by atoms with van der Waals surface area (Å²) in [5, 5.41) is 7.74. The van der Waals surface area contributed by atoms with Gasteiger partial charge >= 0.3 is 0 Å². The van der Waals surface area contributed by atoms with Gasteiger partial charge in [0.2, 0.25) is 5.91 Å². The summed E-state index contributed by atoms with van der Waals surface area (Å²) in [6, 6.07) is 27.2. The van der Waals surface area contributed by atoms with Crippen LogP contribution in [0.25, 0.3) is 6.08 Å². The molecule has 0 aliphatic carbocycles. The average molecular weight is 588 g/mol. The minimum Gasteiger partial charge on any atom is -0.325 e. The van der Waals surface area contributed by atoms with Gasteiger partial charge in [0.1, 0.15) is 11.5 Å². The summed E-state index contributed by atoms with van der Waals surface area (Å²) in [5.74, 6) is -1.71. The van der Waals surface area contributed by atoms with Gasteiger partial charge in [0.25, 0.3) is 11.8 Å². The van der Waals surface area contributed by atoms with Crippen molar-refractivity contribution in [2.75, 3.05) is 10.6 Å². The molecular formula is C32H27ClFN3O3S. The molecular weight excluding hydrogens is 561 g/mol. The zero-order valence-corrected chi connectivity index (χ0v) is 23.9. The molecule has 41 heavy (non-hydrogen) atoms. The van der Waals surface area contributed by atoms with Crippen LogP contribution in [0, 0.1) is 12.7 Å². The summed E-state index contributed by atoms with van der Waals surface area (Å²) in [6.45, 7) is 3.70. The minimum atomic E-state index is -0.560. The highest BCUT2D eigenvalue weighted by atomic mass is 35.5. The van der Waals surface area contributed by atoms with E-state index in [1.807, 2.05) is 37.3 Å². The molecule has 0 fully saturated rings. The predicted molar refractivity (Wildman–Crippen MR) is 163 cm³/mol. The van der Waals surface area contributed by atoms with E-state index in [1.54, 1.807) is 61.5 Å². The van der Waals surface area contributed by atoms with Crippen molar-refractivity contribution in [3.05, 3.63) is 130 Å². The van der Waals surface area contributed by atoms with Crippen molar-refractivity contribution in [1.29, 1.82) is 0 Å². The molecule has 1 atom stereocenters. The van der Waals surface area contributed by atoms with Crippen LogP contribution in [-0.4, -0.2) is 23.0 Å². The Bertz CT molecular complexity index is 1590. The fraction of sp³-hybridized carbons (Fsp3) is 0.0938. The van der Waals surface area contributed by atoms with Crippen LogP contribution in [0.3, 0.4) is 0 Å². The van der Waals surface area contributed by atoms with E-state index in [9.17, 15) is 18.8 Å². The number of amides is 3. The standard InChI is InChI=1S/C32H27ClFN3O3S/c1-20-7-6-8-22(17-20)18-29(37-31(39)23-9-4-3-5-10-23)32(40)35-24-11-14-26(15-12-24)41-21(2)30(38)36-25-13-16-28(34)27(33)19-25/h3-19,21H,1-2H3,(H,35,40)(H,36,38)(H,37,39)/b29-18-. The van der Waals surface area contributed by atoms with Crippen LogP contribution in [0.15, 0.2) is 108 Å². The number of hydrogen-bond donors (Lipinski definition) is 3. The van der Waals surface area contributed by atoms with E-state index in [0.29, 0.717) is 16.9 Å². The number of hydrogen-bond acceptors (Lipinski definition) is 4. The molecule has 0 aromatic heterocycles. The molecule has 9 heteroatoms. The first-order valence-corrected chi connectivity index (χ1v) is 13.9. The Labute approximate surface area is 247 Å². The van der Waals surface area contributed by atoms with Gasteiger partial charge in [-0.25, -0.2) is 4.39 Å². The Kier molecular flexibility index (Phi) is 9.95. The highest BCUT2D eigenvalue weighted by Crippen LogP contribution is 2.27. The van der Waals surface area contributed by atoms with Crippen LogP contribution in [0.1, 0.15) is 28.4 Å². The topological polar surface area (TPSA) is 87.3 Å². The smallest absolute Gasteiger partial charge is 0.272 e. The lowest BCUT2D eigenvalue weighted by Crippen LogP contribution is -2.30. The number of anilines is 2. The van der Waals surface area contributed by atoms with E-state index in [-0.39, 0.29) is 16.6 Å². The SMILES string of the molecule is Cc1cccc(/C=C(\NC(=O)c2ccccc2)C(=O)Nc2ccc(SC(C)C(=O)Nc3ccc(F)c(Cl)c3)cc2)c1. The van der Waals surface area contributed by atoms with Crippen molar-refractivity contribution >= 4 is 58.5 Å². The van der Waals surface area contributed by atoms with Gasteiger partial charge in [0.05, 0.1) is 10.3 Å². The monoisotopic (exact) mass is 587 g/mol. The number of halogens is 2. The lowest BCUT2D eigenvalue weighted by atomic mass is 10.1. The molecule has 0 bridgehead atoms. The average Bonchev–Trinajstić information content (AvgIpc) is 2.96. The molecule has 6 nitrogen and oxygen atoms in total. The maximum Gasteiger partial charge on any atom is 0.272 e. The van der Waals surface area contributed by atoms with E-state index in [0.717, 1.165) is 16.0 Å². The van der Waals surface area contributed by atoms with Crippen LogP contribution >= 0.6 is 23.4 Å². The molecule has 0 saturated heterocycles. The second-order valence-corrected chi connectivity index (χ2v) is 11.0. The summed E-state index contributed by atoms with van der Waals surface area (Å²) in [4.78, 5) is 39.5. The van der Waals surface area contributed by atoms with Crippen molar-refractivity contribution < 1.29 is 18.8 Å². The summed E-state index contributed by atoms with van der Waals surface area (Å²) < 4.78 is 13.4. The number of nitrogens with one attached hydrogen (secondary N) is 3. The fourth-order valence-electron chi connectivity index (χ4n) is 3.76. The first-order chi connectivity index (χ1) is 19.7. The van der Waals surface area contributed by atoms with Gasteiger partial charge in [-0.05, 0) is 80.1 Å². The number of aryl methyl sites for hydroxylation is 1. The Morgan fingerprint density at radius 1 is 0.854 bits per heavy atom. The summed E-state index contributed by atoms with van der Waals surface area (Å²) in [6.07, 6.45) is 1.63. The van der Waals surface area contributed by atoms with Crippen molar-refractivity contribution in [2.45, 2.75) is 24.0 Å². The molecule has 0 radical (unpaired) electrons. The number of benzene rings is 4. The Hall–Kier alpha value is -4.40. The zero-order chi connectivity index (χ0) is 29.4. The molecule has 0 aliphatic rings. The van der Waals surface area contributed by atoms with Gasteiger partial charge in [0.15, 0.2) is 0 Å². The van der Waals surface area contributed by atoms with Crippen LogP contribution < -0.4 is 16.0 Å². The molecule has 3 amide bonds. The maximum absolute atomic E-state index is 13.4. The molecule has 0 heterocycles. The lowest BCUT2D eigenvalue weighted by molar-refractivity contribution is -0.115. The van der Waals surface area contributed by atoms with Crippen molar-refractivity contribution in [3.63, 3.8) is 0 Å². The zero-order valence-electron chi connectivity index (χ0n) is 22.3. The largest absolute Gasteiger partial charge is 0.325 e. The molecule has 0 saturated carbocycles. The number of carbonyl (C=O) groups excluding carboxylic acids is 3. The van der Waals surface area contributed by atoms with E-state index in [2.05, 4.69) is 16.0 Å². The quantitative estimate of drug-likeness (QED) is 0.141. The molecule has 0 aliphatic heterocycles. The molecule has 208 valence electrons. The van der Waals surface area contributed by atoms with E-state index in [1.165, 1.54) is 30.0 Å².